The van der Waals surface area contributed by atoms with Gasteiger partial charge in [-0.2, -0.15) is 0 Å². The van der Waals surface area contributed by atoms with Gasteiger partial charge in [0, 0.05) is 0 Å². The molecule has 3 saturated carbocycles. The van der Waals surface area contributed by atoms with Crippen molar-refractivity contribution in [2.75, 3.05) is 0 Å². The van der Waals surface area contributed by atoms with Gasteiger partial charge in [-0.1, -0.05) is 124 Å². The Morgan fingerprint density at radius 3 is 1.78 bits per heavy atom. The second-order valence-corrected chi connectivity index (χ2v) is 19.2. The molecule has 0 aromatic heterocycles. The van der Waals surface area contributed by atoms with E-state index in [9.17, 15) is 0 Å². The second kappa shape index (κ2) is 21.9. The van der Waals surface area contributed by atoms with Crippen LogP contribution in [0.2, 0.25) is 0 Å². The average molecular weight is 679 g/mol. The summed E-state index contributed by atoms with van der Waals surface area (Å²) in [7, 11) is 0. The first kappa shape index (κ1) is 42.9. The topological polar surface area (TPSA) is 0 Å². The normalized spacial score (nSPS) is 30.0. The number of fused-ring (bicyclic) bond motifs is 1. The van der Waals surface area contributed by atoms with Crippen molar-refractivity contribution in [2.24, 2.45) is 76.9 Å². The minimum Gasteiger partial charge on any atom is -0.0848 e. The number of rotatable bonds is 24. The molecule has 3 rings (SSSR count). The SMILES string of the molecule is CCCC=C(C(C)CC)C(C)C(C)C(CCC(C)=C(C)CC(CCC1CCC2C(CCC3CCC3CCCC)CCC12)C(C)C)C(C)CC. The molecule has 0 aromatic carbocycles. The van der Waals surface area contributed by atoms with Crippen LogP contribution in [0.3, 0.4) is 0 Å². The van der Waals surface area contributed by atoms with Crippen molar-refractivity contribution in [1.29, 1.82) is 0 Å². The molecule has 0 spiro atoms. The Bertz CT molecular complexity index is 965. The zero-order chi connectivity index (χ0) is 36.1. The third-order valence-electron chi connectivity index (χ3n) is 16.1. The Balaban J connectivity index is 1.53. The van der Waals surface area contributed by atoms with Gasteiger partial charge in [0.15, 0.2) is 0 Å². The monoisotopic (exact) mass is 679 g/mol. The van der Waals surface area contributed by atoms with Gasteiger partial charge in [-0.15, -0.1) is 0 Å². The lowest BCUT2D eigenvalue weighted by molar-refractivity contribution is 0.134. The minimum atomic E-state index is 0.687. The summed E-state index contributed by atoms with van der Waals surface area (Å²) in [5.74, 6) is 11.9. The summed E-state index contributed by atoms with van der Waals surface area (Å²) in [6.45, 7) is 29.7. The molecule has 3 fully saturated rings. The molecular formula is C49H90. The number of hydrogen-bond donors (Lipinski definition) is 0. The highest BCUT2D eigenvalue weighted by Gasteiger charge is 2.44. The molecule has 0 aliphatic heterocycles. The summed E-state index contributed by atoms with van der Waals surface area (Å²) in [5, 5.41) is 0. The van der Waals surface area contributed by atoms with Gasteiger partial charge in [0.1, 0.15) is 0 Å². The van der Waals surface area contributed by atoms with Crippen molar-refractivity contribution in [3.63, 3.8) is 0 Å². The van der Waals surface area contributed by atoms with Crippen LogP contribution in [-0.4, -0.2) is 0 Å². The predicted molar refractivity (Wildman–Crippen MR) is 221 cm³/mol. The molecule has 0 heteroatoms. The number of allylic oxidation sites excluding steroid dienone is 4. The fourth-order valence-corrected chi connectivity index (χ4v) is 11.5. The Labute approximate surface area is 310 Å². The van der Waals surface area contributed by atoms with E-state index in [4.69, 9.17) is 0 Å². The van der Waals surface area contributed by atoms with E-state index >= 15 is 0 Å². The van der Waals surface area contributed by atoms with Crippen LogP contribution in [0.4, 0.5) is 0 Å². The van der Waals surface area contributed by atoms with E-state index in [0.717, 1.165) is 65.1 Å². The van der Waals surface area contributed by atoms with E-state index in [1.165, 1.54) is 77.0 Å². The van der Waals surface area contributed by atoms with Crippen LogP contribution in [0.25, 0.3) is 0 Å². The molecule has 0 amide bonds. The highest BCUT2D eigenvalue weighted by Crippen LogP contribution is 2.54. The Morgan fingerprint density at radius 1 is 0.633 bits per heavy atom. The van der Waals surface area contributed by atoms with Gasteiger partial charge in [0.25, 0.3) is 0 Å². The summed E-state index contributed by atoms with van der Waals surface area (Å²) < 4.78 is 0. The quantitative estimate of drug-likeness (QED) is 0.0891. The van der Waals surface area contributed by atoms with Crippen molar-refractivity contribution in [1.82, 2.24) is 0 Å². The second-order valence-electron chi connectivity index (χ2n) is 19.2. The molecule has 0 saturated heterocycles. The van der Waals surface area contributed by atoms with E-state index in [-0.39, 0.29) is 0 Å². The molecule has 0 aromatic rings. The lowest BCUT2D eigenvalue weighted by atomic mass is 9.68. The average Bonchev–Trinajstić information content (AvgIpc) is 3.68. The smallest absolute Gasteiger partial charge is 0.0201 e. The van der Waals surface area contributed by atoms with Crippen LogP contribution in [0.5, 0.6) is 0 Å². The molecule has 0 bridgehead atoms. The van der Waals surface area contributed by atoms with Crippen LogP contribution in [-0.2, 0) is 0 Å². The van der Waals surface area contributed by atoms with Crippen LogP contribution >= 0.6 is 0 Å². The summed E-state index contributed by atoms with van der Waals surface area (Å²) >= 11 is 0. The van der Waals surface area contributed by atoms with E-state index in [2.05, 4.69) is 89.2 Å². The molecular weight excluding hydrogens is 589 g/mol. The molecule has 0 N–H and O–H groups in total. The molecule has 0 nitrogen and oxygen atoms in total. The Hall–Kier alpha value is -0.520. The molecule has 286 valence electrons. The highest BCUT2D eigenvalue weighted by atomic mass is 14.5. The van der Waals surface area contributed by atoms with Crippen molar-refractivity contribution < 1.29 is 0 Å². The Morgan fingerprint density at radius 2 is 1.22 bits per heavy atom. The van der Waals surface area contributed by atoms with E-state index < -0.39 is 0 Å². The summed E-state index contributed by atoms with van der Waals surface area (Å²) in [4.78, 5) is 0. The molecule has 12 atom stereocenters. The maximum Gasteiger partial charge on any atom is -0.0201 e. The van der Waals surface area contributed by atoms with Gasteiger partial charge in [0.05, 0.1) is 0 Å². The third kappa shape index (κ3) is 12.3. The van der Waals surface area contributed by atoms with Crippen LogP contribution in [0.15, 0.2) is 22.8 Å². The fourth-order valence-electron chi connectivity index (χ4n) is 11.5. The molecule has 12 unspecified atom stereocenters. The number of hydrogen-bond acceptors (Lipinski definition) is 0. The fraction of sp³-hybridized carbons (Fsp3) is 0.918. The van der Waals surface area contributed by atoms with Crippen LogP contribution in [0, 0.1) is 76.9 Å². The number of unbranched alkanes of at least 4 members (excludes halogenated alkanes) is 2. The first-order valence-corrected chi connectivity index (χ1v) is 22.8. The maximum atomic E-state index is 2.63. The molecule has 0 heterocycles. The standard InChI is InChI=1S/C49H90/c1-13-17-19-41-22-23-42(41)24-25-43-28-31-49-44(29-32-48(43)49)26-27-45(34(5)6)33-38(10)37(9)21-30-47(36(8)16-4)40(12)39(11)46(20-18-14-2)35(7)15-3/h20,34-36,39-45,47-49H,13-19,21-33H2,1-12H3. The minimum absolute atomic E-state index is 0.687. The lowest BCUT2D eigenvalue weighted by Gasteiger charge is -2.38. The third-order valence-corrected chi connectivity index (χ3v) is 16.1. The van der Waals surface area contributed by atoms with E-state index in [1.807, 2.05) is 0 Å². The molecule has 0 radical (unpaired) electrons. The van der Waals surface area contributed by atoms with Gasteiger partial charge in [0.2, 0.25) is 0 Å². The van der Waals surface area contributed by atoms with Gasteiger partial charge in [-0.05, 0) is 187 Å². The van der Waals surface area contributed by atoms with Crippen LogP contribution < -0.4 is 0 Å². The van der Waals surface area contributed by atoms with Gasteiger partial charge >= 0.3 is 0 Å². The van der Waals surface area contributed by atoms with Gasteiger partial charge < -0.3 is 0 Å². The maximum absolute atomic E-state index is 2.63. The zero-order valence-electron chi connectivity index (χ0n) is 35.7. The van der Waals surface area contributed by atoms with E-state index in [1.54, 1.807) is 68.1 Å². The van der Waals surface area contributed by atoms with Gasteiger partial charge in [-0.3, -0.25) is 0 Å². The van der Waals surface area contributed by atoms with Crippen molar-refractivity contribution in [3.8, 4) is 0 Å². The van der Waals surface area contributed by atoms with Gasteiger partial charge in [-0.25, -0.2) is 0 Å². The van der Waals surface area contributed by atoms with Crippen LogP contribution in [0.1, 0.15) is 212 Å². The Kier molecular flexibility index (Phi) is 19.1. The first-order chi connectivity index (χ1) is 23.5. The lowest BCUT2D eigenvalue weighted by Crippen LogP contribution is -2.27. The predicted octanol–water partition coefficient (Wildman–Crippen LogP) is 16.3. The highest BCUT2D eigenvalue weighted by molar-refractivity contribution is 5.13. The van der Waals surface area contributed by atoms with Crippen molar-refractivity contribution >= 4 is 0 Å². The molecule has 3 aliphatic carbocycles. The molecule has 3 aliphatic rings. The van der Waals surface area contributed by atoms with Crippen molar-refractivity contribution in [3.05, 3.63) is 22.8 Å². The van der Waals surface area contributed by atoms with E-state index in [0.29, 0.717) is 11.8 Å². The zero-order valence-corrected chi connectivity index (χ0v) is 35.7. The molecule has 49 heavy (non-hydrogen) atoms. The summed E-state index contributed by atoms with van der Waals surface area (Å²) in [5.41, 5.74) is 5.19. The summed E-state index contributed by atoms with van der Waals surface area (Å²) in [6.07, 6.45) is 31.5. The van der Waals surface area contributed by atoms with Crippen molar-refractivity contribution in [2.45, 2.75) is 212 Å². The summed E-state index contributed by atoms with van der Waals surface area (Å²) in [6, 6.07) is 0. The first-order valence-electron chi connectivity index (χ1n) is 22.8. The largest absolute Gasteiger partial charge is 0.0848 e.